The van der Waals surface area contributed by atoms with E-state index in [1.54, 1.807) is 0 Å². The number of hydrogen-bond donors (Lipinski definition) is 1. The molecular formula is C12H16O5. The molecule has 0 saturated carbocycles. The third-order valence-corrected chi connectivity index (χ3v) is 1.89. The van der Waals surface area contributed by atoms with Crippen LogP contribution in [-0.4, -0.2) is 37.5 Å². The lowest BCUT2D eigenvalue weighted by Crippen LogP contribution is -2.12. The fourth-order valence-corrected chi connectivity index (χ4v) is 1.16. The van der Waals surface area contributed by atoms with Gasteiger partial charge in [-0.05, 0) is 5.56 Å². The van der Waals surface area contributed by atoms with Crippen LogP contribution < -0.4 is 0 Å². The number of rotatable bonds is 8. The molecule has 1 aromatic carbocycles. The summed E-state index contributed by atoms with van der Waals surface area (Å²) >= 11 is 0. The van der Waals surface area contributed by atoms with Crippen molar-refractivity contribution in [3.8, 4) is 0 Å². The minimum Gasteiger partial charge on any atom is -0.394 e. The standard InChI is InChI=1S/C12H16O5/c13-6-7-15-8-9-16-17-12(14)10-11-4-2-1-3-5-11/h1-5,13H,6-10H2. The van der Waals surface area contributed by atoms with Gasteiger partial charge in [-0.2, -0.15) is 4.89 Å². The van der Waals surface area contributed by atoms with Crippen molar-refractivity contribution >= 4 is 5.97 Å². The Hall–Kier alpha value is -1.43. The highest BCUT2D eigenvalue weighted by molar-refractivity contribution is 5.71. The van der Waals surface area contributed by atoms with Crippen molar-refractivity contribution in [1.29, 1.82) is 0 Å². The second-order valence-corrected chi connectivity index (χ2v) is 3.28. The van der Waals surface area contributed by atoms with E-state index >= 15 is 0 Å². The Morgan fingerprint density at radius 3 is 2.59 bits per heavy atom. The van der Waals surface area contributed by atoms with Crippen molar-refractivity contribution in [3.63, 3.8) is 0 Å². The first kappa shape index (κ1) is 13.6. The molecule has 0 aromatic heterocycles. The molecule has 0 radical (unpaired) electrons. The van der Waals surface area contributed by atoms with Crippen molar-refractivity contribution < 1.29 is 24.4 Å². The number of carbonyl (C=O) groups is 1. The third-order valence-electron chi connectivity index (χ3n) is 1.89. The first-order chi connectivity index (χ1) is 8.33. The summed E-state index contributed by atoms with van der Waals surface area (Å²) in [6, 6.07) is 9.26. The Morgan fingerprint density at radius 1 is 1.12 bits per heavy atom. The van der Waals surface area contributed by atoms with Crippen molar-refractivity contribution in [2.45, 2.75) is 6.42 Å². The zero-order valence-electron chi connectivity index (χ0n) is 9.50. The molecule has 94 valence electrons. The van der Waals surface area contributed by atoms with Gasteiger partial charge in [0.1, 0.15) is 6.61 Å². The molecule has 1 N–H and O–H groups in total. The number of ether oxygens (including phenoxy) is 1. The summed E-state index contributed by atoms with van der Waals surface area (Å²) in [6.07, 6.45) is 0.179. The molecule has 0 aliphatic heterocycles. The van der Waals surface area contributed by atoms with Crippen LogP contribution >= 0.6 is 0 Å². The lowest BCUT2D eigenvalue weighted by Gasteiger charge is -2.04. The Kier molecular flexibility index (Phi) is 6.97. The molecule has 5 heteroatoms. The minimum absolute atomic E-state index is 0.0339. The number of carbonyl (C=O) groups excluding carboxylic acids is 1. The largest absolute Gasteiger partial charge is 0.394 e. The molecule has 0 aliphatic carbocycles. The van der Waals surface area contributed by atoms with Crippen LogP contribution in [0.4, 0.5) is 0 Å². The molecule has 1 aromatic rings. The van der Waals surface area contributed by atoms with E-state index in [4.69, 9.17) is 9.84 Å². The first-order valence-electron chi connectivity index (χ1n) is 5.37. The second kappa shape index (κ2) is 8.69. The minimum atomic E-state index is -0.446. The highest BCUT2D eigenvalue weighted by atomic mass is 17.2. The maximum absolute atomic E-state index is 11.3. The highest BCUT2D eigenvalue weighted by Gasteiger charge is 2.05. The maximum atomic E-state index is 11.3. The van der Waals surface area contributed by atoms with Gasteiger partial charge in [-0.1, -0.05) is 30.3 Å². The smallest absolute Gasteiger partial charge is 0.346 e. The summed E-state index contributed by atoms with van der Waals surface area (Å²) in [5, 5.41) is 8.42. The predicted octanol–water partition coefficient (Wildman–Crippen LogP) is 0.713. The second-order valence-electron chi connectivity index (χ2n) is 3.28. The highest BCUT2D eigenvalue weighted by Crippen LogP contribution is 2.00. The van der Waals surface area contributed by atoms with Gasteiger partial charge in [0, 0.05) is 0 Å². The lowest BCUT2D eigenvalue weighted by molar-refractivity contribution is -0.276. The average molecular weight is 240 g/mol. The normalized spacial score (nSPS) is 10.2. The van der Waals surface area contributed by atoms with E-state index in [0.29, 0.717) is 0 Å². The van der Waals surface area contributed by atoms with Gasteiger partial charge in [-0.25, -0.2) is 4.79 Å². The van der Waals surface area contributed by atoms with E-state index in [9.17, 15) is 4.79 Å². The Labute approximate surface area is 99.8 Å². The quantitative estimate of drug-likeness (QED) is 0.412. The summed E-state index contributed by atoms with van der Waals surface area (Å²) in [6.45, 7) is 0.648. The fraction of sp³-hybridized carbons (Fsp3) is 0.417. The topological polar surface area (TPSA) is 65.0 Å². The van der Waals surface area contributed by atoms with E-state index in [2.05, 4.69) is 9.78 Å². The Morgan fingerprint density at radius 2 is 1.88 bits per heavy atom. The third kappa shape index (κ3) is 6.68. The SMILES string of the molecule is O=C(Cc1ccccc1)OOCCOCCO. The summed E-state index contributed by atoms with van der Waals surface area (Å²) in [7, 11) is 0. The van der Waals surface area contributed by atoms with E-state index in [0.717, 1.165) is 5.56 Å². The summed E-state index contributed by atoms with van der Waals surface area (Å²) < 4.78 is 4.92. The monoisotopic (exact) mass is 240 g/mol. The molecule has 0 saturated heterocycles. The number of benzene rings is 1. The van der Waals surface area contributed by atoms with Gasteiger partial charge in [0.25, 0.3) is 0 Å². The maximum Gasteiger partial charge on any atom is 0.346 e. The van der Waals surface area contributed by atoms with E-state index in [-0.39, 0.29) is 32.8 Å². The average Bonchev–Trinajstić information content (AvgIpc) is 2.35. The molecule has 0 aliphatic rings. The van der Waals surface area contributed by atoms with Gasteiger partial charge >= 0.3 is 5.97 Å². The van der Waals surface area contributed by atoms with E-state index < -0.39 is 5.97 Å². The van der Waals surface area contributed by atoms with Crippen LogP contribution in [-0.2, 0) is 25.7 Å². The van der Waals surface area contributed by atoms with Crippen LogP contribution in [0.3, 0.4) is 0 Å². The van der Waals surface area contributed by atoms with Crippen molar-refractivity contribution in [2.24, 2.45) is 0 Å². The molecule has 17 heavy (non-hydrogen) atoms. The van der Waals surface area contributed by atoms with Crippen LogP contribution in [0.25, 0.3) is 0 Å². The summed E-state index contributed by atoms with van der Waals surface area (Å²) in [4.78, 5) is 20.5. The van der Waals surface area contributed by atoms with E-state index in [1.165, 1.54) is 0 Å². The van der Waals surface area contributed by atoms with Gasteiger partial charge in [-0.3, -0.25) is 4.89 Å². The number of hydrogen-bond acceptors (Lipinski definition) is 5. The Bertz CT molecular complexity index is 312. The van der Waals surface area contributed by atoms with Crippen molar-refractivity contribution in [1.82, 2.24) is 0 Å². The summed E-state index contributed by atoms with van der Waals surface area (Å²) in [5.74, 6) is -0.446. The van der Waals surface area contributed by atoms with Crippen LogP contribution in [0.5, 0.6) is 0 Å². The molecule has 1 rings (SSSR count). The zero-order chi connectivity index (χ0) is 12.3. The van der Waals surface area contributed by atoms with Crippen LogP contribution in [0.15, 0.2) is 30.3 Å². The molecule has 0 heterocycles. The van der Waals surface area contributed by atoms with Crippen LogP contribution in [0.2, 0.25) is 0 Å². The van der Waals surface area contributed by atoms with Gasteiger partial charge < -0.3 is 9.84 Å². The predicted molar refractivity (Wildman–Crippen MR) is 60.1 cm³/mol. The van der Waals surface area contributed by atoms with Gasteiger partial charge in [0.05, 0.1) is 26.2 Å². The lowest BCUT2D eigenvalue weighted by atomic mass is 10.2. The fourth-order valence-electron chi connectivity index (χ4n) is 1.16. The van der Waals surface area contributed by atoms with Gasteiger partial charge in [0.15, 0.2) is 0 Å². The first-order valence-corrected chi connectivity index (χ1v) is 5.37. The Balaban J connectivity index is 2.06. The molecule has 0 amide bonds. The van der Waals surface area contributed by atoms with Crippen LogP contribution in [0.1, 0.15) is 5.56 Å². The van der Waals surface area contributed by atoms with Gasteiger partial charge in [0.2, 0.25) is 0 Å². The van der Waals surface area contributed by atoms with Crippen molar-refractivity contribution in [3.05, 3.63) is 35.9 Å². The zero-order valence-corrected chi connectivity index (χ0v) is 9.50. The number of aliphatic hydroxyl groups is 1. The molecular weight excluding hydrogens is 224 g/mol. The molecule has 5 nitrogen and oxygen atoms in total. The van der Waals surface area contributed by atoms with Crippen molar-refractivity contribution in [2.75, 3.05) is 26.4 Å². The van der Waals surface area contributed by atoms with Crippen LogP contribution in [0, 0.1) is 0 Å². The summed E-state index contributed by atoms with van der Waals surface area (Å²) in [5.41, 5.74) is 0.873. The molecule has 0 spiro atoms. The number of aliphatic hydroxyl groups excluding tert-OH is 1. The molecule has 0 atom stereocenters. The van der Waals surface area contributed by atoms with E-state index in [1.807, 2.05) is 30.3 Å². The molecule has 0 fully saturated rings. The molecule has 0 unspecified atom stereocenters. The van der Waals surface area contributed by atoms with Gasteiger partial charge in [-0.15, -0.1) is 0 Å². The molecule has 0 bridgehead atoms.